The topological polar surface area (TPSA) is 85.2 Å². The second-order valence-corrected chi connectivity index (χ2v) is 8.73. The van der Waals surface area contributed by atoms with Gasteiger partial charge in [0.1, 0.15) is 0 Å². The van der Waals surface area contributed by atoms with E-state index < -0.39 is 0 Å². The van der Waals surface area contributed by atoms with Gasteiger partial charge in [-0.15, -0.1) is 5.10 Å². The van der Waals surface area contributed by atoms with Crippen LogP contribution in [0.5, 0.6) is 0 Å². The quantitative estimate of drug-likeness (QED) is 0.528. The molecule has 0 radical (unpaired) electrons. The van der Waals surface area contributed by atoms with Gasteiger partial charge in [-0.1, -0.05) is 16.5 Å². The number of anilines is 1. The predicted molar refractivity (Wildman–Crippen MR) is 104 cm³/mol. The largest absolute Gasteiger partial charge is 0.347 e. The molecular formula is C19H19N7OS. The number of piperidine rings is 1. The molecule has 2 aliphatic rings. The Morgan fingerprint density at radius 3 is 2.93 bits per heavy atom. The highest BCUT2D eigenvalue weighted by molar-refractivity contribution is 7.20. The third-order valence-corrected chi connectivity index (χ3v) is 7.02. The first-order chi connectivity index (χ1) is 13.7. The van der Waals surface area contributed by atoms with Crippen LogP contribution in [0.15, 0.2) is 35.2 Å². The highest BCUT2D eigenvalue weighted by atomic mass is 32.1. The lowest BCUT2D eigenvalue weighted by Crippen LogP contribution is -2.35. The first kappa shape index (κ1) is 16.2. The number of rotatable bonds is 3. The van der Waals surface area contributed by atoms with E-state index in [2.05, 4.69) is 25.0 Å². The molecule has 1 saturated heterocycles. The van der Waals surface area contributed by atoms with Crippen molar-refractivity contribution in [2.45, 2.75) is 32.1 Å². The fourth-order valence-electron chi connectivity index (χ4n) is 4.31. The average Bonchev–Trinajstić information content (AvgIpc) is 3.08. The second kappa shape index (κ2) is 5.84. The Bertz CT molecular complexity index is 1110. The molecule has 1 unspecified atom stereocenters. The molecule has 1 saturated carbocycles. The smallest absolute Gasteiger partial charge is 0.230 e. The normalized spacial score (nSPS) is 20.9. The summed E-state index contributed by atoms with van der Waals surface area (Å²) in [4.78, 5) is 16.6. The zero-order valence-electron chi connectivity index (χ0n) is 15.4. The fraction of sp³-hybridized carbons (Fsp3) is 0.421. The SMILES string of the molecule is Cc1cn2nc(N3CCC4(CC3)CC4c3nc(-c4cccnc4)no3)sc2n1. The Balaban J connectivity index is 1.15. The van der Waals surface area contributed by atoms with E-state index in [0.717, 1.165) is 59.6 Å². The minimum atomic E-state index is 0.309. The lowest BCUT2D eigenvalue weighted by atomic mass is 9.91. The Hall–Kier alpha value is -2.81. The number of aromatic nitrogens is 6. The molecule has 6 rings (SSSR count). The molecule has 28 heavy (non-hydrogen) atoms. The summed E-state index contributed by atoms with van der Waals surface area (Å²) in [6, 6.07) is 3.84. The molecule has 0 aromatic carbocycles. The second-order valence-electron chi connectivity index (χ2n) is 7.80. The van der Waals surface area contributed by atoms with E-state index in [1.807, 2.05) is 29.8 Å². The van der Waals surface area contributed by atoms with E-state index in [9.17, 15) is 0 Å². The monoisotopic (exact) mass is 393 g/mol. The number of aryl methyl sites for hydroxylation is 1. The minimum absolute atomic E-state index is 0.309. The summed E-state index contributed by atoms with van der Waals surface area (Å²) in [6.07, 6.45) is 8.88. The van der Waals surface area contributed by atoms with Crippen LogP contribution in [0, 0.1) is 12.3 Å². The fourth-order valence-corrected chi connectivity index (χ4v) is 5.29. The molecule has 142 valence electrons. The van der Waals surface area contributed by atoms with E-state index in [4.69, 9.17) is 9.62 Å². The standard InChI is InChI=1S/C19H19N7OS/c1-12-11-26-17(21-12)28-18(23-26)25-7-4-19(5-8-25)9-14(19)16-22-15(24-27-16)13-3-2-6-20-10-13/h2-3,6,10-11,14H,4-5,7-9H2,1H3. The zero-order valence-corrected chi connectivity index (χ0v) is 16.3. The van der Waals surface area contributed by atoms with Crippen LogP contribution >= 0.6 is 11.3 Å². The van der Waals surface area contributed by atoms with Gasteiger partial charge in [-0.3, -0.25) is 4.98 Å². The molecular weight excluding hydrogens is 374 g/mol. The van der Waals surface area contributed by atoms with Gasteiger partial charge in [0.25, 0.3) is 0 Å². The van der Waals surface area contributed by atoms with Crippen molar-refractivity contribution in [3.8, 4) is 11.4 Å². The highest BCUT2D eigenvalue weighted by Gasteiger charge is 2.58. The van der Waals surface area contributed by atoms with E-state index in [1.54, 1.807) is 23.7 Å². The summed E-state index contributed by atoms with van der Waals surface area (Å²) in [5.41, 5.74) is 2.21. The lowest BCUT2D eigenvalue weighted by Gasteiger charge is -2.32. The Morgan fingerprint density at radius 2 is 2.14 bits per heavy atom. The summed E-state index contributed by atoms with van der Waals surface area (Å²) in [5, 5.41) is 9.91. The first-order valence-corrected chi connectivity index (χ1v) is 10.3. The van der Waals surface area contributed by atoms with Crippen molar-refractivity contribution in [3.63, 3.8) is 0 Å². The van der Waals surface area contributed by atoms with E-state index >= 15 is 0 Å². The van der Waals surface area contributed by atoms with Gasteiger partial charge in [0, 0.05) is 37.0 Å². The Labute approximate surface area is 165 Å². The van der Waals surface area contributed by atoms with Crippen LogP contribution in [0.4, 0.5) is 5.13 Å². The van der Waals surface area contributed by atoms with Crippen LogP contribution in [0.25, 0.3) is 16.3 Å². The van der Waals surface area contributed by atoms with Gasteiger partial charge >= 0.3 is 0 Å². The summed E-state index contributed by atoms with van der Waals surface area (Å²) >= 11 is 1.66. The molecule has 8 nitrogen and oxygen atoms in total. The van der Waals surface area contributed by atoms with Crippen LogP contribution < -0.4 is 4.90 Å². The third kappa shape index (κ3) is 2.53. The van der Waals surface area contributed by atoms with Crippen LogP contribution in [-0.2, 0) is 0 Å². The average molecular weight is 393 g/mol. The van der Waals surface area contributed by atoms with Crippen LogP contribution in [0.2, 0.25) is 0 Å². The van der Waals surface area contributed by atoms with Gasteiger partial charge in [-0.2, -0.15) is 4.98 Å². The molecule has 2 fully saturated rings. The maximum absolute atomic E-state index is 5.60. The number of hydrogen-bond acceptors (Lipinski definition) is 8. The van der Waals surface area contributed by atoms with Gasteiger partial charge in [-0.25, -0.2) is 9.50 Å². The third-order valence-electron chi connectivity index (χ3n) is 6.03. The van der Waals surface area contributed by atoms with Gasteiger partial charge < -0.3 is 9.42 Å². The van der Waals surface area contributed by atoms with Crippen LogP contribution in [0.3, 0.4) is 0 Å². The molecule has 0 amide bonds. The molecule has 5 heterocycles. The molecule has 4 aromatic heterocycles. The van der Waals surface area contributed by atoms with Crippen molar-refractivity contribution >= 4 is 21.4 Å². The predicted octanol–water partition coefficient (Wildman–Crippen LogP) is 3.32. The highest BCUT2D eigenvalue weighted by Crippen LogP contribution is 2.64. The van der Waals surface area contributed by atoms with Crippen molar-refractivity contribution in [1.29, 1.82) is 0 Å². The van der Waals surface area contributed by atoms with Crippen molar-refractivity contribution in [2.75, 3.05) is 18.0 Å². The summed E-state index contributed by atoms with van der Waals surface area (Å²) in [6.45, 7) is 4.02. The van der Waals surface area contributed by atoms with Gasteiger partial charge in [0.2, 0.25) is 21.8 Å². The number of fused-ring (bicyclic) bond motifs is 1. The lowest BCUT2D eigenvalue weighted by molar-refractivity contribution is 0.326. The Morgan fingerprint density at radius 1 is 1.25 bits per heavy atom. The van der Waals surface area contributed by atoms with Gasteiger partial charge in [0.15, 0.2) is 0 Å². The van der Waals surface area contributed by atoms with E-state index in [-0.39, 0.29) is 0 Å². The minimum Gasteiger partial charge on any atom is -0.347 e. The van der Waals surface area contributed by atoms with Crippen molar-refractivity contribution in [2.24, 2.45) is 5.41 Å². The zero-order chi connectivity index (χ0) is 18.7. The molecule has 1 aliphatic heterocycles. The van der Waals surface area contributed by atoms with Crippen molar-refractivity contribution in [1.82, 2.24) is 29.7 Å². The van der Waals surface area contributed by atoms with E-state index in [0.29, 0.717) is 17.2 Å². The summed E-state index contributed by atoms with van der Waals surface area (Å²) in [5.74, 6) is 1.78. The first-order valence-electron chi connectivity index (χ1n) is 9.52. The number of hydrogen-bond donors (Lipinski definition) is 0. The van der Waals surface area contributed by atoms with Crippen molar-refractivity contribution < 1.29 is 4.52 Å². The molecule has 4 aromatic rings. The molecule has 0 bridgehead atoms. The summed E-state index contributed by atoms with van der Waals surface area (Å²) in [7, 11) is 0. The number of nitrogens with zero attached hydrogens (tertiary/aromatic N) is 7. The molecule has 1 aliphatic carbocycles. The Kier molecular flexibility index (Phi) is 3.37. The van der Waals surface area contributed by atoms with Gasteiger partial charge in [-0.05, 0) is 43.7 Å². The van der Waals surface area contributed by atoms with E-state index in [1.165, 1.54) is 0 Å². The number of imidazole rings is 1. The maximum atomic E-state index is 5.60. The molecule has 0 N–H and O–H groups in total. The van der Waals surface area contributed by atoms with Crippen LogP contribution in [-0.4, -0.2) is 42.8 Å². The van der Waals surface area contributed by atoms with Gasteiger partial charge in [0.05, 0.1) is 11.9 Å². The summed E-state index contributed by atoms with van der Waals surface area (Å²) < 4.78 is 7.49. The van der Waals surface area contributed by atoms with Crippen molar-refractivity contribution in [3.05, 3.63) is 42.3 Å². The van der Waals surface area contributed by atoms with Crippen LogP contribution in [0.1, 0.15) is 36.8 Å². The molecule has 1 atom stereocenters. The molecule has 9 heteroatoms. The molecule has 1 spiro atoms. The maximum Gasteiger partial charge on any atom is 0.230 e. The number of pyridine rings is 1.